The third-order valence-corrected chi connectivity index (χ3v) is 7.65. The van der Waals surface area contributed by atoms with E-state index in [9.17, 15) is 20.0 Å². The molecule has 0 heterocycles. The summed E-state index contributed by atoms with van der Waals surface area (Å²) in [6, 6.07) is 40.9. The van der Waals surface area contributed by atoms with Gasteiger partial charge in [0, 0.05) is 16.3 Å². The maximum Gasteiger partial charge on any atom is 0.344 e. The number of ether oxygens (including phenoxy) is 2. The van der Waals surface area contributed by atoms with Crippen LogP contribution < -0.4 is 9.47 Å². The summed E-state index contributed by atoms with van der Waals surface area (Å²) in [5.74, 6) is -0.721. The van der Waals surface area contributed by atoms with Crippen molar-refractivity contribution in [3.05, 3.63) is 172 Å². The van der Waals surface area contributed by atoms with Gasteiger partial charge in [-0.2, -0.15) is 0 Å². The van der Waals surface area contributed by atoms with Gasteiger partial charge >= 0.3 is 11.9 Å². The largest absolute Gasteiger partial charge is 0.478 e. The molecule has 7 heteroatoms. The van der Waals surface area contributed by atoms with E-state index in [0.717, 1.165) is 22.3 Å². The Kier molecular flexibility index (Phi) is 9.15. The van der Waals surface area contributed by atoms with Crippen LogP contribution in [0.4, 0.5) is 0 Å². The van der Waals surface area contributed by atoms with Crippen molar-refractivity contribution in [3.8, 4) is 17.2 Å². The standard InChI is InChI=1S/C39H30O7/c40-38(41)33-18-16-28(21-26-9-3-1-4-10-26)23-34(33)39(42)46-36-20-19-35(31-13-7-8-14-32(31)36)45-37-24-29(15-17-30(37)25-44-43)22-27-11-5-2-6-12-27/h1-20,23-24,43H,21-22,25H2,(H,40,41). The molecule has 0 unspecified atom stereocenters. The van der Waals surface area contributed by atoms with Crippen molar-refractivity contribution in [2.75, 3.05) is 0 Å². The molecule has 6 rings (SSSR count). The molecule has 0 aliphatic carbocycles. The molecule has 0 bridgehead atoms. The van der Waals surface area contributed by atoms with E-state index in [0.29, 0.717) is 40.7 Å². The normalized spacial score (nSPS) is 10.9. The Morgan fingerprint density at radius 2 is 1.11 bits per heavy atom. The minimum atomic E-state index is -1.22. The Balaban J connectivity index is 1.30. The molecule has 7 nitrogen and oxygen atoms in total. The van der Waals surface area contributed by atoms with Crippen LogP contribution in [0.25, 0.3) is 10.8 Å². The minimum absolute atomic E-state index is 0.0331. The van der Waals surface area contributed by atoms with Crippen LogP contribution in [-0.2, 0) is 24.3 Å². The number of carboxylic acid groups (broad SMARTS) is 1. The third kappa shape index (κ3) is 6.97. The number of hydrogen-bond donors (Lipinski definition) is 2. The van der Waals surface area contributed by atoms with Crippen molar-refractivity contribution < 1.29 is 34.3 Å². The quantitative estimate of drug-likeness (QED) is 0.0655. The van der Waals surface area contributed by atoms with E-state index in [2.05, 4.69) is 17.0 Å². The third-order valence-electron chi connectivity index (χ3n) is 7.65. The maximum absolute atomic E-state index is 13.5. The lowest BCUT2D eigenvalue weighted by Gasteiger charge is -2.16. The Bertz CT molecular complexity index is 2000. The predicted molar refractivity (Wildman–Crippen MR) is 175 cm³/mol. The number of carbonyl (C=O) groups excluding carboxylic acids is 1. The molecule has 0 amide bonds. The van der Waals surface area contributed by atoms with Gasteiger partial charge in [0.1, 0.15) is 23.9 Å². The predicted octanol–water partition coefficient (Wildman–Crippen LogP) is 8.72. The van der Waals surface area contributed by atoms with E-state index in [4.69, 9.17) is 9.47 Å². The highest BCUT2D eigenvalue weighted by atomic mass is 17.1. The summed E-state index contributed by atoms with van der Waals surface area (Å²) in [7, 11) is 0. The van der Waals surface area contributed by atoms with Gasteiger partial charge in [-0.15, -0.1) is 0 Å². The highest BCUT2D eigenvalue weighted by Crippen LogP contribution is 2.37. The molecule has 0 radical (unpaired) electrons. The molecule has 228 valence electrons. The highest BCUT2D eigenvalue weighted by molar-refractivity contribution is 6.04. The summed E-state index contributed by atoms with van der Waals surface area (Å²) < 4.78 is 12.3. The summed E-state index contributed by atoms with van der Waals surface area (Å²) in [6.07, 6.45) is 1.23. The monoisotopic (exact) mass is 610 g/mol. The van der Waals surface area contributed by atoms with Crippen LogP contribution in [0.2, 0.25) is 0 Å². The highest BCUT2D eigenvalue weighted by Gasteiger charge is 2.21. The van der Waals surface area contributed by atoms with Gasteiger partial charge in [-0.05, 0) is 65.4 Å². The van der Waals surface area contributed by atoms with E-state index < -0.39 is 11.9 Å². The number of rotatable bonds is 11. The topological polar surface area (TPSA) is 102 Å². The van der Waals surface area contributed by atoms with Gasteiger partial charge in [0.25, 0.3) is 0 Å². The van der Waals surface area contributed by atoms with Gasteiger partial charge < -0.3 is 14.6 Å². The SMILES string of the molecule is O=C(O)c1ccc(Cc2ccccc2)cc1C(=O)Oc1ccc(Oc2cc(Cc3ccccc3)ccc2COO)c2ccccc12. The Morgan fingerprint density at radius 1 is 0.543 bits per heavy atom. The van der Waals surface area contributed by atoms with Crippen LogP contribution >= 0.6 is 0 Å². The van der Waals surface area contributed by atoms with Crippen molar-refractivity contribution in [3.63, 3.8) is 0 Å². The molecule has 6 aromatic rings. The number of carboxylic acids is 1. The van der Waals surface area contributed by atoms with Crippen molar-refractivity contribution in [1.29, 1.82) is 0 Å². The number of fused-ring (bicyclic) bond motifs is 1. The van der Waals surface area contributed by atoms with E-state index in [1.165, 1.54) is 6.07 Å². The average Bonchev–Trinajstić information content (AvgIpc) is 3.08. The van der Waals surface area contributed by atoms with Gasteiger partial charge in [0.05, 0.1) is 11.1 Å². The molecule has 0 aromatic heterocycles. The second-order valence-electron chi connectivity index (χ2n) is 10.8. The molecule has 0 aliphatic heterocycles. The van der Waals surface area contributed by atoms with Crippen LogP contribution in [0.15, 0.2) is 133 Å². The van der Waals surface area contributed by atoms with E-state index in [1.807, 2.05) is 84.9 Å². The summed E-state index contributed by atoms with van der Waals surface area (Å²) in [5.41, 5.74) is 4.46. The zero-order valence-corrected chi connectivity index (χ0v) is 24.8. The van der Waals surface area contributed by atoms with Gasteiger partial charge in [-0.25, -0.2) is 14.5 Å². The Morgan fingerprint density at radius 3 is 1.74 bits per heavy atom. The molecule has 0 aliphatic rings. The lowest BCUT2D eigenvalue weighted by atomic mass is 9.99. The average molecular weight is 611 g/mol. The molecule has 0 fully saturated rings. The minimum Gasteiger partial charge on any atom is -0.478 e. The van der Waals surface area contributed by atoms with Gasteiger partial charge in [-0.1, -0.05) is 103 Å². The second kappa shape index (κ2) is 13.9. The van der Waals surface area contributed by atoms with Crippen molar-refractivity contribution in [2.45, 2.75) is 19.4 Å². The summed E-state index contributed by atoms with van der Waals surface area (Å²) in [4.78, 5) is 30.0. The molecular formula is C39H30O7. The molecule has 46 heavy (non-hydrogen) atoms. The first-order valence-electron chi connectivity index (χ1n) is 14.7. The van der Waals surface area contributed by atoms with Crippen LogP contribution in [0.3, 0.4) is 0 Å². The number of aromatic carboxylic acids is 1. The number of esters is 1. The van der Waals surface area contributed by atoms with E-state index in [-0.39, 0.29) is 23.5 Å². The fraction of sp³-hybridized carbons (Fsp3) is 0.0769. The molecule has 0 atom stereocenters. The molecule has 0 saturated heterocycles. The van der Waals surface area contributed by atoms with Crippen LogP contribution in [0.1, 0.15) is 48.5 Å². The van der Waals surface area contributed by atoms with Crippen LogP contribution in [0.5, 0.6) is 17.2 Å². The van der Waals surface area contributed by atoms with Gasteiger partial charge in [0.2, 0.25) is 0 Å². The molecule has 0 saturated carbocycles. The Hall–Kier alpha value is -5.76. The Labute approximate surface area is 265 Å². The fourth-order valence-electron chi connectivity index (χ4n) is 5.41. The van der Waals surface area contributed by atoms with Crippen molar-refractivity contribution >= 4 is 22.7 Å². The number of carbonyl (C=O) groups is 2. The summed E-state index contributed by atoms with van der Waals surface area (Å²) in [5, 5.41) is 20.3. The summed E-state index contributed by atoms with van der Waals surface area (Å²) in [6.45, 7) is -0.0656. The summed E-state index contributed by atoms with van der Waals surface area (Å²) >= 11 is 0. The molecule has 6 aromatic carbocycles. The first kappa shape index (κ1) is 30.3. The second-order valence-corrected chi connectivity index (χ2v) is 10.8. The maximum atomic E-state index is 13.5. The van der Waals surface area contributed by atoms with Gasteiger partial charge in [-0.3, -0.25) is 5.26 Å². The smallest absolute Gasteiger partial charge is 0.344 e. The first-order valence-corrected chi connectivity index (χ1v) is 14.7. The van der Waals surface area contributed by atoms with Crippen LogP contribution in [-0.4, -0.2) is 22.3 Å². The lowest BCUT2D eigenvalue weighted by Crippen LogP contribution is -2.15. The molecular weight excluding hydrogens is 580 g/mol. The van der Waals surface area contributed by atoms with E-state index in [1.54, 1.807) is 30.3 Å². The van der Waals surface area contributed by atoms with Crippen LogP contribution in [0, 0.1) is 0 Å². The number of hydrogen-bond acceptors (Lipinski definition) is 6. The van der Waals surface area contributed by atoms with E-state index >= 15 is 0 Å². The van der Waals surface area contributed by atoms with Gasteiger partial charge in [0.15, 0.2) is 0 Å². The fourth-order valence-corrected chi connectivity index (χ4v) is 5.41. The van der Waals surface area contributed by atoms with Crippen molar-refractivity contribution in [1.82, 2.24) is 0 Å². The zero-order chi connectivity index (χ0) is 31.9. The zero-order valence-electron chi connectivity index (χ0n) is 24.8. The molecule has 2 N–H and O–H groups in total. The van der Waals surface area contributed by atoms with Crippen molar-refractivity contribution in [2.24, 2.45) is 0 Å². The number of benzene rings is 6. The first-order chi connectivity index (χ1) is 22.5. The lowest BCUT2D eigenvalue weighted by molar-refractivity contribution is -0.253. The molecule has 0 spiro atoms.